The molecule has 2 aromatic heterocycles. The molecule has 18 heavy (non-hydrogen) atoms. The van der Waals surface area contributed by atoms with Crippen molar-refractivity contribution >= 4 is 28.0 Å². The maximum Gasteiger partial charge on any atom is 0.136 e. The highest BCUT2D eigenvalue weighted by molar-refractivity contribution is 7.14. The zero-order valence-corrected chi connectivity index (χ0v) is 10.7. The Morgan fingerprint density at radius 1 is 1.44 bits per heavy atom. The first-order valence-corrected chi connectivity index (χ1v) is 6.82. The average molecular weight is 261 g/mol. The molecule has 1 aliphatic heterocycles. The summed E-state index contributed by atoms with van der Waals surface area (Å²) in [6.45, 7) is 1.84. The summed E-state index contributed by atoms with van der Waals surface area (Å²) in [4.78, 5) is 10.7. The van der Waals surface area contributed by atoms with Gasteiger partial charge in [-0.2, -0.15) is 0 Å². The van der Waals surface area contributed by atoms with Gasteiger partial charge in [0, 0.05) is 25.2 Å². The van der Waals surface area contributed by atoms with Crippen molar-refractivity contribution < 1.29 is 0 Å². The lowest BCUT2D eigenvalue weighted by atomic mass is 10.3. The Balaban J connectivity index is 1.76. The second kappa shape index (κ2) is 4.91. The number of nitrogens with zero attached hydrogens (tertiary/aromatic N) is 3. The van der Waals surface area contributed by atoms with Crippen LogP contribution in [0.15, 0.2) is 29.9 Å². The second-order valence-electron chi connectivity index (χ2n) is 4.36. The van der Waals surface area contributed by atoms with Gasteiger partial charge in [0.1, 0.15) is 18.0 Å². The number of anilines is 3. The molecule has 0 spiro atoms. The van der Waals surface area contributed by atoms with Crippen molar-refractivity contribution in [1.82, 2.24) is 9.97 Å². The van der Waals surface area contributed by atoms with Crippen molar-refractivity contribution in [3.8, 4) is 0 Å². The van der Waals surface area contributed by atoms with Crippen molar-refractivity contribution in [2.75, 3.05) is 23.3 Å². The second-order valence-corrected chi connectivity index (χ2v) is 5.31. The summed E-state index contributed by atoms with van der Waals surface area (Å²) in [5.41, 5.74) is 5.91. The largest absolute Gasteiger partial charge is 0.355 e. The van der Waals surface area contributed by atoms with Gasteiger partial charge in [0.15, 0.2) is 0 Å². The molecule has 3 N–H and O–H groups in total. The molecule has 3 heterocycles. The molecular weight excluding hydrogens is 246 g/mol. The normalized spacial score (nSPS) is 19.2. The Labute approximate surface area is 110 Å². The van der Waals surface area contributed by atoms with Crippen LogP contribution >= 0.6 is 11.3 Å². The van der Waals surface area contributed by atoms with Gasteiger partial charge in [0.25, 0.3) is 0 Å². The highest BCUT2D eigenvalue weighted by atomic mass is 32.1. The van der Waals surface area contributed by atoms with Crippen LogP contribution in [-0.4, -0.2) is 29.1 Å². The minimum absolute atomic E-state index is 0.258. The molecule has 0 radical (unpaired) electrons. The van der Waals surface area contributed by atoms with Crippen LogP contribution in [0.3, 0.4) is 0 Å². The number of thiophene rings is 1. The maximum atomic E-state index is 5.91. The highest BCUT2D eigenvalue weighted by Gasteiger charge is 2.20. The molecule has 6 heteroatoms. The van der Waals surface area contributed by atoms with Crippen LogP contribution in [-0.2, 0) is 0 Å². The Kier molecular flexibility index (Phi) is 3.12. The molecule has 3 rings (SSSR count). The van der Waals surface area contributed by atoms with Crippen LogP contribution in [0.1, 0.15) is 6.42 Å². The van der Waals surface area contributed by atoms with Crippen LogP contribution in [0.5, 0.6) is 0 Å². The van der Waals surface area contributed by atoms with Gasteiger partial charge in [-0.05, 0) is 23.9 Å². The average Bonchev–Trinajstić information content (AvgIpc) is 3.01. The maximum absolute atomic E-state index is 5.91. The Morgan fingerprint density at radius 2 is 2.39 bits per heavy atom. The Morgan fingerprint density at radius 3 is 3.11 bits per heavy atom. The molecule has 0 aromatic carbocycles. The molecule has 0 amide bonds. The van der Waals surface area contributed by atoms with Crippen molar-refractivity contribution in [2.45, 2.75) is 12.5 Å². The molecule has 1 fully saturated rings. The predicted octanol–water partition coefficient (Wildman–Crippen LogP) is 1.82. The van der Waals surface area contributed by atoms with E-state index in [4.69, 9.17) is 5.73 Å². The Bertz CT molecular complexity index is 513. The minimum Gasteiger partial charge on any atom is -0.355 e. The fraction of sp³-hybridized carbons (Fsp3) is 0.333. The SMILES string of the molecule is NC1CCN(c2cc(Nc3cccs3)ncn2)C1. The predicted molar refractivity (Wildman–Crippen MR) is 74.4 cm³/mol. The van der Waals surface area contributed by atoms with E-state index in [0.29, 0.717) is 0 Å². The van der Waals surface area contributed by atoms with E-state index in [1.807, 2.05) is 23.6 Å². The van der Waals surface area contributed by atoms with E-state index in [1.165, 1.54) is 0 Å². The van der Waals surface area contributed by atoms with Crippen LogP contribution in [0, 0.1) is 0 Å². The molecule has 0 saturated carbocycles. The van der Waals surface area contributed by atoms with E-state index in [2.05, 4.69) is 20.2 Å². The first-order valence-electron chi connectivity index (χ1n) is 5.94. The van der Waals surface area contributed by atoms with Gasteiger partial charge in [-0.25, -0.2) is 9.97 Å². The van der Waals surface area contributed by atoms with Gasteiger partial charge < -0.3 is 16.0 Å². The fourth-order valence-electron chi connectivity index (χ4n) is 2.06. The standard InChI is InChI=1S/C12H15N5S/c13-9-3-4-17(7-9)11-6-10(14-8-15-11)16-12-2-1-5-18-12/h1-2,5-6,8-9H,3-4,7,13H2,(H,14,15,16). The third kappa shape index (κ3) is 2.44. The van der Waals surface area contributed by atoms with Crippen molar-refractivity contribution in [3.63, 3.8) is 0 Å². The first-order chi connectivity index (χ1) is 8.81. The number of aromatic nitrogens is 2. The van der Waals surface area contributed by atoms with E-state index in [0.717, 1.165) is 36.1 Å². The summed E-state index contributed by atoms with van der Waals surface area (Å²) >= 11 is 1.65. The number of nitrogens with two attached hydrogens (primary N) is 1. The van der Waals surface area contributed by atoms with E-state index < -0.39 is 0 Å². The van der Waals surface area contributed by atoms with E-state index in [1.54, 1.807) is 17.7 Å². The summed E-state index contributed by atoms with van der Waals surface area (Å²) in [5.74, 6) is 1.76. The van der Waals surface area contributed by atoms with Crippen LogP contribution in [0.2, 0.25) is 0 Å². The van der Waals surface area contributed by atoms with Crippen molar-refractivity contribution in [2.24, 2.45) is 5.73 Å². The van der Waals surface area contributed by atoms with Gasteiger partial charge in [-0.1, -0.05) is 0 Å². The molecule has 1 atom stereocenters. The number of hydrogen-bond acceptors (Lipinski definition) is 6. The zero-order chi connectivity index (χ0) is 12.4. The Hall–Kier alpha value is -1.66. The lowest BCUT2D eigenvalue weighted by molar-refractivity contribution is 0.751. The van der Waals surface area contributed by atoms with Crippen LogP contribution in [0.25, 0.3) is 0 Å². The van der Waals surface area contributed by atoms with Crippen molar-refractivity contribution in [3.05, 3.63) is 29.9 Å². The molecule has 5 nitrogen and oxygen atoms in total. The van der Waals surface area contributed by atoms with Crippen LogP contribution < -0.4 is 16.0 Å². The first kappa shape index (κ1) is 11.4. The highest BCUT2D eigenvalue weighted by Crippen LogP contribution is 2.23. The van der Waals surface area contributed by atoms with E-state index in [9.17, 15) is 0 Å². The molecule has 1 saturated heterocycles. The minimum atomic E-state index is 0.258. The molecule has 94 valence electrons. The quantitative estimate of drug-likeness (QED) is 0.882. The van der Waals surface area contributed by atoms with Crippen LogP contribution in [0.4, 0.5) is 16.6 Å². The summed E-state index contributed by atoms with van der Waals surface area (Å²) in [7, 11) is 0. The molecule has 0 bridgehead atoms. The lowest BCUT2D eigenvalue weighted by Crippen LogP contribution is -2.26. The van der Waals surface area contributed by atoms with Gasteiger partial charge in [0.05, 0.1) is 5.00 Å². The van der Waals surface area contributed by atoms with Gasteiger partial charge in [-0.15, -0.1) is 11.3 Å². The zero-order valence-electron chi connectivity index (χ0n) is 9.91. The summed E-state index contributed by atoms with van der Waals surface area (Å²) in [5, 5.41) is 6.38. The summed E-state index contributed by atoms with van der Waals surface area (Å²) in [6, 6.07) is 6.26. The monoisotopic (exact) mass is 261 g/mol. The van der Waals surface area contributed by atoms with E-state index >= 15 is 0 Å². The molecule has 1 aliphatic rings. The molecule has 2 aromatic rings. The molecule has 0 aliphatic carbocycles. The summed E-state index contributed by atoms with van der Waals surface area (Å²) in [6.07, 6.45) is 2.62. The van der Waals surface area contributed by atoms with Crippen molar-refractivity contribution in [1.29, 1.82) is 0 Å². The number of rotatable bonds is 3. The molecule has 1 unspecified atom stereocenters. The van der Waals surface area contributed by atoms with Gasteiger partial charge in [0.2, 0.25) is 0 Å². The topological polar surface area (TPSA) is 67.1 Å². The number of hydrogen-bond donors (Lipinski definition) is 2. The van der Waals surface area contributed by atoms with Gasteiger partial charge >= 0.3 is 0 Å². The van der Waals surface area contributed by atoms with E-state index in [-0.39, 0.29) is 6.04 Å². The van der Waals surface area contributed by atoms with Gasteiger partial charge in [-0.3, -0.25) is 0 Å². The smallest absolute Gasteiger partial charge is 0.136 e. The third-order valence-corrected chi connectivity index (χ3v) is 3.76. The fourth-order valence-corrected chi connectivity index (χ4v) is 2.68. The summed E-state index contributed by atoms with van der Waals surface area (Å²) < 4.78 is 0. The lowest BCUT2D eigenvalue weighted by Gasteiger charge is -2.17. The third-order valence-electron chi connectivity index (χ3n) is 2.97. The molecular formula is C12H15N5S. The number of nitrogens with one attached hydrogen (secondary N) is 1.